The lowest BCUT2D eigenvalue weighted by molar-refractivity contribution is -0.412. The quantitative estimate of drug-likeness (QED) is 0.322. The van der Waals surface area contributed by atoms with E-state index in [-0.39, 0.29) is 17.3 Å². The van der Waals surface area contributed by atoms with E-state index in [4.69, 9.17) is 16.2 Å². The van der Waals surface area contributed by atoms with Gasteiger partial charge in [0.15, 0.2) is 5.69 Å². The predicted octanol–water partition coefficient (Wildman–Crippen LogP) is 0.373. The molecule has 0 fully saturated rings. The first kappa shape index (κ1) is 13.3. The van der Waals surface area contributed by atoms with Gasteiger partial charge in [-0.1, -0.05) is 18.2 Å². The molecule has 0 heterocycles. The Kier molecular flexibility index (Phi) is 3.80. The van der Waals surface area contributed by atoms with Gasteiger partial charge in [-0.25, -0.2) is 4.99 Å². The molecule has 0 amide bonds. The predicted molar refractivity (Wildman–Crippen MR) is 73.6 cm³/mol. The van der Waals surface area contributed by atoms with Crippen molar-refractivity contribution in [3.63, 3.8) is 0 Å². The maximum absolute atomic E-state index is 11.0. The fourth-order valence-electron chi connectivity index (χ4n) is 1.61. The molecule has 0 aliphatic rings. The molecule has 0 saturated heterocycles. The molecular formula is C13H13N4O3+. The van der Waals surface area contributed by atoms with Crippen molar-refractivity contribution < 1.29 is 14.7 Å². The lowest BCUT2D eigenvalue weighted by atomic mass is 10.2. The highest BCUT2D eigenvalue weighted by Crippen LogP contribution is 2.28. The van der Waals surface area contributed by atoms with Crippen LogP contribution in [0.4, 0.5) is 11.4 Å². The molecule has 0 bridgehead atoms. The average molecular weight is 273 g/mol. The minimum Gasteiger partial charge on any atom is -0.457 e. The zero-order valence-corrected chi connectivity index (χ0v) is 10.4. The lowest BCUT2D eigenvalue weighted by Crippen LogP contribution is -2.72. The Labute approximate surface area is 114 Å². The third-order valence-electron chi connectivity index (χ3n) is 2.42. The summed E-state index contributed by atoms with van der Waals surface area (Å²) in [4.78, 5) is 13.0. The second kappa shape index (κ2) is 5.70. The number of hydrogen-bond donors (Lipinski definition) is 3. The fourth-order valence-corrected chi connectivity index (χ4v) is 1.61. The van der Waals surface area contributed by atoms with E-state index in [1.165, 1.54) is 12.1 Å². The van der Waals surface area contributed by atoms with Crippen LogP contribution in [0.5, 0.6) is 11.5 Å². The third kappa shape index (κ3) is 3.22. The van der Waals surface area contributed by atoms with Crippen molar-refractivity contribution in [1.29, 1.82) is 0 Å². The molecule has 5 N–H and O–H groups in total. The molecule has 0 aliphatic carbocycles. The maximum atomic E-state index is 11.0. The SMILES string of the molecule is NC(N)=[NH+]c1ccc(Oc2ccccc2)cc1[N+](=O)[O-]. The van der Waals surface area contributed by atoms with Gasteiger partial charge in [-0.3, -0.25) is 21.6 Å². The van der Waals surface area contributed by atoms with Crippen LogP contribution < -0.4 is 21.2 Å². The van der Waals surface area contributed by atoms with Gasteiger partial charge in [0.2, 0.25) is 0 Å². The van der Waals surface area contributed by atoms with Crippen molar-refractivity contribution in [1.82, 2.24) is 0 Å². The number of nitro groups is 1. The summed E-state index contributed by atoms with van der Waals surface area (Å²) in [5, 5.41) is 11.0. The number of nitro benzene ring substituents is 1. The minimum atomic E-state index is -0.539. The van der Waals surface area contributed by atoms with Gasteiger partial charge in [0.25, 0.3) is 0 Å². The summed E-state index contributed by atoms with van der Waals surface area (Å²) in [6, 6.07) is 13.3. The van der Waals surface area contributed by atoms with Crippen molar-refractivity contribution in [3.8, 4) is 11.5 Å². The highest BCUT2D eigenvalue weighted by Gasteiger charge is 2.16. The summed E-state index contributed by atoms with van der Waals surface area (Å²) < 4.78 is 5.53. The molecule has 102 valence electrons. The number of nitrogens with two attached hydrogens (primary N) is 2. The van der Waals surface area contributed by atoms with Gasteiger partial charge in [0, 0.05) is 0 Å². The molecule has 0 spiro atoms. The van der Waals surface area contributed by atoms with Crippen LogP contribution in [0.1, 0.15) is 0 Å². The summed E-state index contributed by atoms with van der Waals surface area (Å²) in [7, 11) is 0. The van der Waals surface area contributed by atoms with Gasteiger partial charge in [-0.2, -0.15) is 0 Å². The number of nitrogens with one attached hydrogen (secondary N) is 1. The standard InChI is InChI=1S/C13H12N4O3/c14-13(15)16-11-7-6-10(8-12(11)17(18)19)20-9-4-2-1-3-5-9/h1-8H,(H4,14,15,16)/p+1. The van der Waals surface area contributed by atoms with E-state index in [0.29, 0.717) is 11.5 Å². The van der Waals surface area contributed by atoms with Crippen molar-refractivity contribution in [2.24, 2.45) is 11.5 Å². The van der Waals surface area contributed by atoms with Gasteiger partial charge in [-0.15, -0.1) is 0 Å². The first-order chi connectivity index (χ1) is 9.56. The molecule has 2 rings (SSSR count). The number of benzene rings is 2. The average Bonchev–Trinajstić information content (AvgIpc) is 2.41. The monoisotopic (exact) mass is 273 g/mol. The Morgan fingerprint density at radius 3 is 2.40 bits per heavy atom. The second-order valence-corrected chi connectivity index (χ2v) is 3.93. The first-order valence-corrected chi connectivity index (χ1v) is 5.72. The van der Waals surface area contributed by atoms with E-state index in [0.717, 1.165) is 0 Å². The minimum absolute atomic E-state index is 0.121. The van der Waals surface area contributed by atoms with Gasteiger partial charge < -0.3 is 4.74 Å². The fraction of sp³-hybridized carbons (Fsp3) is 0. The van der Waals surface area contributed by atoms with Crippen LogP contribution in [0.25, 0.3) is 0 Å². The van der Waals surface area contributed by atoms with Crippen molar-refractivity contribution >= 4 is 17.3 Å². The largest absolute Gasteiger partial charge is 0.457 e. The molecule has 0 aromatic heterocycles. The van der Waals surface area contributed by atoms with E-state index in [1.807, 2.05) is 18.2 Å². The zero-order valence-electron chi connectivity index (χ0n) is 10.4. The lowest BCUT2D eigenvalue weighted by Gasteiger charge is -2.05. The van der Waals surface area contributed by atoms with Crippen LogP contribution in [0.15, 0.2) is 48.5 Å². The molecule has 2 aromatic rings. The van der Waals surface area contributed by atoms with Crippen molar-refractivity contribution in [3.05, 3.63) is 58.6 Å². The molecule has 0 aliphatic heterocycles. The smallest absolute Gasteiger partial charge is 0.343 e. The van der Waals surface area contributed by atoms with E-state index in [9.17, 15) is 10.1 Å². The second-order valence-electron chi connectivity index (χ2n) is 3.93. The number of guanidine groups is 1. The molecule has 0 atom stereocenters. The normalized spacial score (nSPS) is 9.80. The van der Waals surface area contributed by atoms with Gasteiger partial charge >= 0.3 is 11.6 Å². The van der Waals surface area contributed by atoms with Gasteiger partial charge in [0.1, 0.15) is 11.5 Å². The number of ether oxygens (including phenoxy) is 1. The Bertz CT molecular complexity index is 652. The molecular weight excluding hydrogens is 260 g/mol. The maximum Gasteiger partial charge on any atom is 0.343 e. The topological polar surface area (TPSA) is 118 Å². The summed E-state index contributed by atoms with van der Waals surface area (Å²) in [5.41, 5.74) is 10.6. The van der Waals surface area contributed by atoms with Crippen LogP contribution in [-0.4, -0.2) is 10.9 Å². The Morgan fingerprint density at radius 2 is 1.80 bits per heavy atom. The van der Waals surface area contributed by atoms with Crippen molar-refractivity contribution in [2.75, 3.05) is 0 Å². The van der Waals surface area contributed by atoms with Crippen LogP contribution in [0.2, 0.25) is 0 Å². The zero-order chi connectivity index (χ0) is 14.5. The molecule has 0 unspecified atom stereocenters. The Morgan fingerprint density at radius 1 is 1.10 bits per heavy atom. The Balaban J connectivity index is 2.35. The summed E-state index contributed by atoms with van der Waals surface area (Å²) in [6.45, 7) is 0. The van der Waals surface area contributed by atoms with Crippen molar-refractivity contribution in [2.45, 2.75) is 0 Å². The molecule has 7 heteroatoms. The number of rotatable bonds is 4. The molecule has 0 saturated carbocycles. The van der Waals surface area contributed by atoms with Gasteiger partial charge in [0.05, 0.1) is 11.0 Å². The van der Waals surface area contributed by atoms with E-state index in [1.54, 1.807) is 18.2 Å². The first-order valence-electron chi connectivity index (χ1n) is 5.72. The molecule has 20 heavy (non-hydrogen) atoms. The van der Waals surface area contributed by atoms with Crippen LogP contribution >= 0.6 is 0 Å². The van der Waals surface area contributed by atoms with E-state index >= 15 is 0 Å². The van der Waals surface area contributed by atoms with Crippen LogP contribution in [0.3, 0.4) is 0 Å². The summed E-state index contributed by atoms with van der Waals surface area (Å²) in [6.07, 6.45) is 0. The van der Waals surface area contributed by atoms with Crippen LogP contribution in [-0.2, 0) is 0 Å². The molecule has 7 nitrogen and oxygen atoms in total. The highest BCUT2D eigenvalue weighted by atomic mass is 16.6. The molecule has 0 radical (unpaired) electrons. The van der Waals surface area contributed by atoms with E-state index in [2.05, 4.69) is 4.99 Å². The third-order valence-corrected chi connectivity index (χ3v) is 2.42. The number of hydrogen-bond acceptors (Lipinski definition) is 3. The highest BCUT2D eigenvalue weighted by molar-refractivity contribution is 5.71. The summed E-state index contributed by atoms with van der Waals surface area (Å²) in [5.74, 6) is 0.821. The summed E-state index contributed by atoms with van der Waals surface area (Å²) >= 11 is 0. The number of para-hydroxylation sites is 1. The number of nitrogens with zero attached hydrogens (tertiary/aromatic N) is 1. The Hall–Kier alpha value is -3.09. The van der Waals surface area contributed by atoms with E-state index < -0.39 is 4.92 Å². The van der Waals surface area contributed by atoms with Crippen LogP contribution in [0, 0.1) is 10.1 Å². The van der Waals surface area contributed by atoms with Gasteiger partial charge in [-0.05, 0) is 24.3 Å². The molecule has 2 aromatic carbocycles.